The van der Waals surface area contributed by atoms with Crippen LogP contribution in [-0.2, 0) is 0 Å². The molecule has 3 heteroatoms. The Morgan fingerprint density at radius 2 is 1.39 bits per heavy atom. The molecule has 0 aliphatic heterocycles. The molecule has 31 heavy (non-hydrogen) atoms. The fourth-order valence-electron chi connectivity index (χ4n) is 4.85. The van der Waals surface area contributed by atoms with Crippen molar-refractivity contribution in [1.82, 2.24) is 14.4 Å². The van der Waals surface area contributed by atoms with Crippen molar-refractivity contribution in [2.75, 3.05) is 0 Å². The first-order valence-corrected chi connectivity index (χ1v) is 10.4. The highest BCUT2D eigenvalue weighted by Crippen LogP contribution is 2.39. The number of imidazole rings is 1. The average molecular weight is 395 g/mol. The molecule has 3 heterocycles. The van der Waals surface area contributed by atoms with Gasteiger partial charge in [0.15, 0.2) is 0 Å². The van der Waals surface area contributed by atoms with Gasteiger partial charge in [0.1, 0.15) is 11.5 Å². The standard InChI is InChI=1S/C28H17N3/c1-3-16-29-23(8-1)27-24-9-2-4-17-31(24)28(30-27)22-15-13-20-11-10-18-6-5-7-19-12-14-21(22)26(20)25(18)19/h1-17H. The van der Waals surface area contributed by atoms with Gasteiger partial charge in [0.2, 0.25) is 0 Å². The van der Waals surface area contributed by atoms with Crippen molar-refractivity contribution in [2.45, 2.75) is 0 Å². The van der Waals surface area contributed by atoms with Gasteiger partial charge in [0.25, 0.3) is 0 Å². The molecular weight excluding hydrogens is 378 g/mol. The number of rotatable bonds is 2. The van der Waals surface area contributed by atoms with Gasteiger partial charge in [0.05, 0.1) is 11.2 Å². The molecule has 0 atom stereocenters. The molecule has 7 rings (SSSR count). The lowest BCUT2D eigenvalue weighted by Crippen LogP contribution is -1.91. The predicted molar refractivity (Wildman–Crippen MR) is 128 cm³/mol. The molecule has 144 valence electrons. The van der Waals surface area contributed by atoms with E-state index in [-0.39, 0.29) is 0 Å². The normalized spacial score (nSPS) is 11.9. The van der Waals surface area contributed by atoms with Gasteiger partial charge in [-0.05, 0) is 62.6 Å². The Bertz CT molecular complexity index is 1710. The van der Waals surface area contributed by atoms with Crippen molar-refractivity contribution in [1.29, 1.82) is 0 Å². The van der Waals surface area contributed by atoms with E-state index in [0.29, 0.717) is 0 Å². The second kappa shape index (κ2) is 6.13. The Kier molecular flexibility index (Phi) is 3.27. The van der Waals surface area contributed by atoms with Crippen LogP contribution in [0.4, 0.5) is 0 Å². The van der Waals surface area contributed by atoms with Crippen LogP contribution in [0.25, 0.3) is 60.6 Å². The van der Waals surface area contributed by atoms with Gasteiger partial charge in [-0.3, -0.25) is 9.38 Å². The van der Waals surface area contributed by atoms with Gasteiger partial charge in [-0.1, -0.05) is 60.7 Å². The molecule has 3 nitrogen and oxygen atoms in total. The summed E-state index contributed by atoms with van der Waals surface area (Å²) in [6, 6.07) is 32.0. The van der Waals surface area contributed by atoms with Crippen molar-refractivity contribution in [2.24, 2.45) is 0 Å². The van der Waals surface area contributed by atoms with Crippen LogP contribution in [-0.4, -0.2) is 14.4 Å². The first-order valence-electron chi connectivity index (χ1n) is 10.4. The van der Waals surface area contributed by atoms with Crippen molar-refractivity contribution < 1.29 is 0 Å². The number of hydrogen-bond donors (Lipinski definition) is 0. The van der Waals surface area contributed by atoms with Crippen LogP contribution >= 0.6 is 0 Å². The van der Waals surface area contributed by atoms with Crippen LogP contribution in [0.1, 0.15) is 0 Å². The summed E-state index contributed by atoms with van der Waals surface area (Å²) in [7, 11) is 0. The SMILES string of the molecule is c1ccc(-c2nc(-c3ccc4ccc5cccc6ccc3c4c56)n3ccccc23)nc1. The molecule has 0 aliphatic carbocycles. The largest absolute Gasteiger partial charge is 0.299 e. The number of benzene rings is 4. The molecule has 4 aromatic carbocycles. The summed E-state index contributed by atoms with van der Waals surface area (Å²) in [5.41, 5.74) is 3.98. The minimum absolute atomic E-state index is 0.884. The van der Waals surface area contributed by atoms with Crippen LogP contribution < -0.4 is 0 Å². The Hall–Kier alpha value is -4.24. The van der Waals surface area contributed by atoms with Gasteiger partial charge in [-0.2, -0.15) is 0 Å². The lowest BCUT2D eigenvalue weighted by Gasteiger charge is -2.13. The second-order valence-corrected chi connectivity index (χ2v) is 7.92. The monoisotopic (exact) mass is 395 g/mol. The summed E-state index contributed by atoms with van der Waals surface area (Å²) in [5.74, 6) is 0.939. The third-order valence-electron chi connectivity index (χ3n) is 6.23. The maximum Gasteiger partial charge on any atom is 0.145 e. The van der Waals surface area contributed by atoms with E-state index in [0.717, 1.165) is 28.3 Å². The predicted octanol–water partition coefficient (Wildman–Crippen LogP) is 6.96. The molecule has 0 aliphatic rings. The fourth-order valence-corrected chi connectivity index (χ4v) is 4.85. The molecule has 0 spiro atoms. The lowest BCUT2D eigenvalue weighted by molar-refractivity contribution is 1.17. The molecule has 0 saturated carbocycles. The summed E-state index contributed by atoms with van der Waals surface area (Å²) in [5, 5.41) is 7.66. The second-order valence-electron chi connectivity index (χ2n) is 7.92. The molecule has 0 unspecified atom stereocenters. The number of pyridine rings is 2. The van der Waals surface area contributed by atoms with Crippen molar-refractivity contribution >= 4 is 37.8 Å². The van der Waals surface area contributed by atoms with E-state index in [1.165, 1.54) is 32.3 Å². The molecule has 0 fully saturated rings. The van der Waals surface area contributed by atoms with Gasteiger partial charge in [-0.25, -0.2) is 4.98 Å². The molecule has 7 aromatic rings. The molecule has 3 aromatic heterocycles. The summed E-state index contributed by atoms with van der Waals surface area (Å²) in [6.45, 7) is 0. The summed E-state index contributed by atoms with van der Waals surface area (Å²) in [4.78, 5) is 9.67. The van der Waals surface area contributed by atoms with Crippen LogP contribution in [0.5, 0.6) is 0 Å². The van der Waals surface area contributed by atoms with Crippen LogP contribution in [0, 0.1) is 0 Å². The van der Waals surface area contributed by atoms with E-state index in [4.69, 9.17) is 4.98 Å². The highest BCUT2D eigenvalue weighted by molar-refractivity contribution is 6.25. The van der Waals surface area contributed by atoms with Crippen molar-refractivity contribution in [3.63, 3.8) is 0 Å². The molecular formula is C28H17N3. The summed E-state index contributed by atoms with van der Waals surface area (Å²) >= 11 is 0. The van der Waals surface area contributed by atoms with Crippen LogP contribution in [0.3, 0.4) is 0 Å². The highest BCUT2D eigenvalue weighted by Gasteiger charge is 2.18. The highest BCUT2D eigenvalue weighted by atomic mass is 15.0. The summed E-state index contributed by atoms with van der Waals surface area (Å²) < 4.78 is 2.18. The minimum atomic E-state index is 0.884. The number of nitrogens with zero attached hydrogens (tertiary/aromatic N) is 3. The zero-order valence-corrected chi connectivity index (χ0v) is 16.7. The van der Waals surface area contributed by atoms with Crippen molar-refractivity contribution in [3.05, 3.63) is 103 Å². The number of fused-ring (bicyclic) bond motifs is 1. The third-order valence-corrected chi connectivity index (χ3v) is 6.23. The van der Waals surface area contributed by atoms with E-state index in [9.17, 15) is 0 Å². The van der Waals surface area contributed by atoms with Gasteiger partial charge >= 0.3 is 0 Å². The minimum Gasteiger partial charge on any atom is -0.299 e. The fraction of sp³-hybridized carbons (Fsp3) is 0. The molecule has 0 bridgehead atoms. The van der Waals surface area contributed by atoms with E-state index < -0.39 is 0 Å². The first-order chi connectivity index (χ1) is 15.4. The number of hydrogen-bond acceptors (Lipinski definition) is 2. The molecule has 0 radical (unpaired) electrons. The molecule has 0 amide bonds. The summed E-state index contributed by atoms with van der Waals surface area (Å²) in [6.07, 6.45) is 3.90. The average Bonchev–Trinajstić information content (AvgIpc) is 3.23. The van der Waals surface area contributed by atoms with Gasteiger partial charge in [0, 0.05) is 18.0 Å². The molecule has 0 saturated heterocycles. The molecule has 0 N–H and O–H groups in total. The van der Waals surface area contributed by atoms with E-state index >= 15 is 0 Å². The Balaban J connectivity index is 1.61. The zero-order valence-electron chi connectivity index (χ0n) is 16.7. The van der Waals surface area contributed by atoms with Crippen LogP contribution in [0.15, 0.2) is 103 Å². The topological polar surface area (TPSA) is 30.2 Å². The Labute approximate surface area is 178 Å². The van der Waals surface area contributed by atoms with E-state index in [1.54, 1.807) is 0 Å². The first kappa shape index (κ1) is 16.5. The van der Waals surface area contributed by atoms with Crippen molar-refractivity contribution in [3.8, 4) is 22.8 Å². The quantitative estimate of drug-likeness (QED) is 0.296. The Morgan fingerprint density at radius 1 is 0.613 bits per heavy atom. The van der Waals surface area contributed by atoms with E-state index in [1.807, 2.05) is 24.4 Å². The smallest absolute Gasteiger partial charge is 0.145 e. The van der Waals surface area contributed by atoms with Gasteiger partial charge < -0.3 is 0 Å². The maximum atomic E-state index is 5.11. The van der Waals surface area contributed by atoms with Gasteiger partial charge in [-0.15, -0.1) is 0 Å². The number of aromatic nitrogens is 3. The lowest BCUT2D eigenvalue weighted by atomic mass is 9.92. The van der Waals surface area contributed by atoms with E-state index in [2.05, 4.69) is 88.4 Å². The zero-order chi connectivity index (χ0) is 20.4. The maximum absolute atomic E-state index is 5.11. The third kappa shape index (κ3) is 2.29. The van der Waals surface area contributed by atoms with Crippen LogP contribution in [0.2, 0.25) is 0 Å². The Morgan fingerprint density at radius 3 is 2.23 bits per heavy atom.